The third-order valence-corrected chi connectivity index (χ3v) is 12.7. The zero-order valence-corrected chi connectivity index (χ0v) is 33.2. The second-order valence-electron chi connectivity index (χ2n) is 12.3. The maximum absolute atomic E-state index is 14.2. The largest absolute Gasteiger partial charge is 0.497 e. The van der Waals surface area contributed by atoms with Crippen molar-refractivity contribution in [1.29, 1.82) is 0 Å². The number of nitrogens with zero attached hydrogens (tertiary/aromatic N) is 6. The molecule has 0 spiro atoms. The summed E-state index contributed by atoms with van der Waals surface area (Å²) in [4.78, 5) is 51.0. The number of sulfonamides is 2. The molecule has 0 radical (unpaired) electrons. The van der Waals surface area contributed by atoms with Crippen LogP contribution in [0.5, 0.6) is 23.0 Å². The van der Waals surface area contributed by atoms with Crippen LogP contribution >= 0.6 is 0 Å². The highest BCUT2D eigenvalue weighted by molar-refractivity contribution is 7.93. The fourth-order valence-corrected chi connectivity index (χ4v) is 9.29. The molecule has 0 saturated carbocycles. The Morgan fingerprint density at radius 1 is 0.586 bits per heavy atom. The topological polar surface area (TPSA) is 239 Å². The first-order valence-electron chi connectivity index (χ1n) is 17.1. The molecule has 2 amide bonds. The van der Waals surface area contributed by atoms with E-state index in [0.29, 0.717) is 20.1 Å². The normalized spacial score (nSPS) is 13.0. The van der Waals surface area contributed by atoms with Crippen LogP contribution in [0.15, 0.2) is 94.7 Å². The summed E-state index contributed by atoms with van der Waals surface area (Å²) in [6.07, 6.45) is 0. The van der Waals surface area contributed by atoms with Gasteiger partial charge in [0.15, 0.2) is 9.79 Å². The number of hydrogen-bond donors (Lipinski definition) is 0. The highest BCUT2D eigenvalue weighted by atomic mass is 32.2. The second-order valence-corrected chi connectivity index (χ2v) is 16.0. The number of rotatable bonds is 16. The Balaban J connectivity index is 1.42. The highest BCUT2D eigenvalue weighted by Crippen LogP contribution is 2.39. The summed E-state index contributed by atoms with van der Waals surface area (Å²) in [5, 5.41) is 23.7. The first kappa shape index (κ1) is 42.5. The van der Waals surface area contributed by atoms with Gasteiger partial charge in [-0.15, -0.1) is 0 Å². The maximum atomic E-state index is 14.2. The molecular formula is C36H38N6O14S2. The van der Waals surface area contributed by atoms with Crippen LogP contribution in [0.1, 0.15) is 0 Å². The summed E-state index contributed by atoms with van der Waals surface area (Å²) in [6.45, 7) is -2.13. The Morgan fingerprint density at radius 3 is 1.24 bits per heavy atom. The van der Waals surface area contributed by atoms with Gasteiger partial charge in [-0.3, -0.25) is 38.4 Å². The Kier molecular flexibility index (Phi) is 12.9. The van der Waals surface area contributed by atoms with Gasteiger partial charge < -0.3 is 28.7 Å². The SMILES string of the molecule is COc1ccc(N(CC(=O)N2CCN(C(=O)CN(c3ccc(OC)cc3OC)S(=O)(=O)c3ccccc3[N+](=O)[O-])CC2)S(=O)(=O)c2ccccc2[N+](=O)[O-])c(OC)c1. The van der Waals surface area contributed by atoms with Crippen LogP contribution in [0.2, 0.25) is 0 Å². The van der Waals surface area contributed by atoms with Gasteiger partial charge in [-0.1, -0.05) is 24.3 Å². The number of nitro benzene ring substituents is 2. The fraction of sp³-hybridized carbons (Fsp3) is 0.278. The standard InChI is InChI=1S/C36H38N6O14S2/c1-53-25-13-15-27(31(21-25)55-3)39(57(49,50)33-11-7-5-9-29(33)41(45)46)23-35(43)37-17-19-38(20-18-37)36(44)24-40(28-16-14-26(54-2)22-32(28)56-4)58(51,52)34-12-8-6-10-30(34)42(47)48/h5-16,21-22H,17-20,23-24H2,1-4H3. The Labute approximate surface area is 333 Å². The molecule has 58 heavy (non-hydrogen) atoms. The van der Waals surface area contributed by atoms with Crippen molar-refractivity contribution in [1.82, 2.24) is 9.80 Å². The van der Waals surface area contributed by atoms with Gasteiger partial charge in [-0.05, 0) is 36.4 Å². The van der Waals surface area contributed by atoms with Gasteiger partial charge >= 0.3 is 0 Å². The van der Waals surface area contributed by atoms with Crippen molar-refractivity contribution in [2.45, 2.75) is 9.79 Å². The van der Waals surface area contributed by atoms with E-state index in [-0.39, 0.29) is 49.1 Å². The van der Waals surface area contributed by atoms with Crippen molar-refractivity contribution in [2.24, 2.45) is 0 Å². The van der Waals surface area contributed by atoms with E-state index in [1.807, 2.05) is 0 Å². The van der Waals surface area contributed by atoms with Gasteiger partial charge in [0, 0.05) is 50.4 Å². The minimum atomic E-state index is -4.80. The van der Waals surface area contributed by atoms with Crippen molar-refractivity contribution in [3.05, 3.63) is 105 Å². The number of nitro groups is 2. The zero-order valence-electron chi connectivity index (χ0n) is 31.5. The molecule has 0 N–H and O–H groups in total. The van der Waals surface area contributed by atoms with Crippen LogP contribution in [0, 0.1) is 20.2 Å². The molecule has 5 rings (SSSR count). The lowest BCUT2D eigenvalue weighted by molar-refractivity contribution is -0.388. The van der Waals surface area contributed by atoms with Crippen molar-refractivity contribution >= 4 is 54.6 Å². The van der Waals surface area contributed by atoms with E-state index in [4.69, 9.17) is 18.9 Å². The number of piperazine rings is 1. The summed E-state index contributed by atoms with van der Waals surface area (Å²) in [6, 6.07) is 17.6. The Bertz CT molecular complexity index is 2270. The van der Waals surface area contributed by atoms with Gasteiger partial charge in [-0.25, -0.2) is 16.8 Å². The molecule has 1 aliphatic rings. The van der Waals surface area contributed by atoms with Crippen LogP contribution < -0.4 is 27.6 Å². The Hall–Kier alpha value is -6.68. The minimum Gasteiger partial charge on any atom is -0.497 e. The van der Waals surface area contributed by atoms with E-state index in [1.54, 1.807) is 0 Å². The smallest absolute Gasteiger partial charge is 0.289 e. The van der Waals surface area contributed by atoms with Crippen LogP contribution in [-0.2, 0) is 29.6 Å². The summed E-state index contributed by atoms with van der Waals surface area (Å²) in [5.41, 5.74) is -1.66. The molecule has 4 aromatic rings. The molecule has 1 heterocycles. The molecule has 20 nitrogen and oxygen atoms in total. The molecule has 1 aliphatic heterocycles. The second kappa shape index (κ2) is 17.6. The van der Waals surface area contributed by atoms with Crippen molar-refractivity contribution in [3.63, 3.8) is 0 Å². The van der Waals surface area contributed by atoms with Crippen molar-refractivity contribution in [2.75, 3.05) is 76.3 Å². The molecular weight excluding hydrogens is 805 g/mol. The number of carbonyl (C=O) groups excluding carboxylic acids is 2. The van der Waals surface area contributed by atoms with E-state index in [2.05, 4.69) is 0 Å². The third kappa shape index (κ3) is 8.66. The maximum Gasteiger partial charge on any atom is 0.289 e. The quantitative estimate of drug-likeness (QED) is 0.116. The number of hydrogen-bond acceptors (Lipinski definition) is 14. The number of para-hydroxylation sites is 2. The average molecular weight is 843 g/mol. The Morgan fingerprint density at radius 2 is 0.931 bits per heavy atom. The molecule has 0 aromatic heterocycles. The van der Waals surface area contributed by atoms with E-state index in [9.17, 15) is 46.7 Å². The van der Waals surface area contributed by atoms with Gasteiger partial charge in [0.25, 0.3) is 31.4 Å². The van der Waals surface area contributed by atoms with Crippen LogP contribution in [-0.4, -0.2) is 116 Å². The molecule has 1 saturated heterocycles. The highest BCUT2D eigenvalue weighted by Gasteiger charge is 2.38. The van der Waals surface area contributed by atoms with Crippen LogP contribution in [0.25, 0.3) is 0 Å². The minimum absolute atomic E-state index is 0.0152. The first-order chi connectivity index (χ1) is 27.6. The molecule has 4 aromatic carbocycles. The third-order valence-electron chi connectivity index (χ3n) is 9.11. The van der Waals surface area contributed by atoms with Gasteiger partial charge in [0.05, 0.1) is 49.7 Å². The molecule has 0 atom stereocenters. The number of anilines is 2. The summed E-state index contributed by atoms with van der Waals surface area (Å²) < 4.78 is 79.4. The summed E-state index contributed by atoms with van der Waals surface area (Å²) >= 11 is 0. The first-order valence-corrected chi connectivity index (χ1v) is 20.0. The number of amides is 2. The van der Waals surface area contributed by atoms with E-state index in [1.165, 1.54) is 98.9 Å². The predicted molar refractivity (Wildman–Crippen MR) is 208 cm³/mol. The van der Waals surface area contributed by atoms with Crippen LogP contribution in [0.4, 0.5) is 22.7 Å². The molecule has 0 aliphatic carbocycles. The van der Waals surface area contributed by atoms with Crippen LogP contribution in [0.3, 0.4) is 0 Å². The lowest BCUT2D eigenvalue weighted by Crippen LogP contribution is -2.55. The zero-order chi connectivity index (χ0) is 42.4. The number of methoxy groups -OCH3 is 4. The van der Waals surface area contributed by atoms with E-state index in [0.717, 1.165) is 24.3 Å². The summed E-state index contributed by atoms with van der Waals surface area (Å²) in [7, 11) is -4.30. The molecule has 0 bridgehead atoms. The molecule has 22 heteroatoms. The van der Waals surface area contributed by atoms with Crippen molar-refractivity contribution < 1.29 is 55.2 Å². The molecule has 0 unspecified atom stereocenters. The number of benzene rings is 4. The van der Waals surface area contributed by atoms with Gasteiger partial charge in [0.2, 0.25) is 11.8 Å². The molecule has 308 valence electrons. The average Bonchev–Trinajstić information content (AvgIpc) is 3.23. The summed E-state index contributed by atoms with van der Waals surface area (Å²) in [5.74, 6) is -0.882. The van der Waals surface area contributed by atoms with Gasteiger partial charge in [-0.2, -0.15) is 0 Å². The molecule has 1 fully saturated rings. The van der Waals surface area contributed by atoms with E-state index >= 15 is 0 Å². The van der Waals surface area contributed by atoms with Crippen molar-refractivity contribution in [3.8, 4) is 23.0 Å². The number of ether oxygens (including phenoxy) is 4. The lowest BCUT2D eigenvalue weighted by atomic mass is 10.2. The monoisotopic (exact) mass is 842 g/mol. The predicted octanol–water partition coefficient (Wildman–Crippen LogP) is 3.30. The van der Waals surface area contributed by atoms with E-state index < -0.39 is 76.0 Å². The van der Waals surface area contributed by atoms with Gasteiger partial charge in [0.1, 0.15) is 36.1 Å². The lowest BCUT2D eigenvalue weighted by Gasteiger charge is -2.37. The number of carbonyl (C=O) groups is 2. The fourth-order valence-electron chi connectivity index (χ4n) is 6.12.